The fourth-order valence-electron chi connectivity index (χ4n) is 2.19. The number of carbonyl (C=O) groups excluding carboxylic acids is 3. The van der Waals surface area contributed by atoms with Gasteiger partial charge in [0, 0.05) is 20.1 Å². The van der Waals surface area contributed by atoms with Crippen molar-refractivity contribution in [1.29, 1.82) is 5.26 Å². The first kappa shape index (κ1) is 22.0. The second kappa shape index (κ2) is 10.8. The first-order valence-electron chi connectivity index (χ1n) is 8.67. The number of nitrogens with zero attached hydrogens (tertiary/aromatic N) is 3. The molecule has 0 unspecified atom stereocenters. The average molecular weight is 375 g/mol. The number of ether oxygens (including phenoxy) is 2. The van der Waals surface area contributed by atoms with E-state index in [1.807, 2.05) is 19.9 Å². The second-order valence-corrected chi connectivity index (χ2v) is 5.82. The van der Waals surface area contributed by atoms with Crippen molar-refractivity contribution in [3.8, 4) is 11.8 Å². The van der Waals surface area contributed by atoms with Gasteiger partial charge in [0.15, 0.2) is 12.7 Å². The molecule has 0 radical (unpaired) electrons. The maximum absolute atomic E-state index is 12.0. The molecule has 0 saturated carbocycles. The lowest BCUT2D eigenvalue weighted by Gasteiger charge is -2.23. The van der Waals surface area contributed by atoms with Crippen LogP contribution in [0.4, 0.5) is 0 Å². The zero-order valence-electron chi connectivity index (χ0n) is 16.1. The molecule has 1 atom stereocenters. The Bertz CT molecular complexity index is 692. The number of amides is 2. The van der Waals surface area contributed by atoms with E-state index in [9.17, 15) is 14.4 Å². The van der Waals surface area contributed by atoms with Crippen molar-refractivity contribution in [2.75, 3.05) is 33.3 Å². The highest BCUT2D eigenvalue weighted by Gasteiger charge is 2.21. The zero-order valence-corrected chi connectivity index (χ0v) is 16.1. The van der Waals surface area contributed by atoms with Crippen molar-refractivity contribution in [3.05, 3.63) is 29.8 Å². The minimum atomic E-state index is -0.923. The molecular formula is C19H25N3O5. The van der Waals surface area contributed by atoms with Gasteiger partial charge in [-0.2, -0.15) is 5.26 Å². The molecule has 2 amide bonds. The van der Waals surface area contributed by atoms with Crippen LogP contribution in [-0.4, -0.2) is 67.0 Å². The Balaban J connectivity index is 2.46. The van der Waals surface area contributed by atoms with E-state index in [0.717, 1.165) is 0 Å². The predicted molar refractivity (Wildman–Crippen MR) is 97.8 cm³/mol. The maximum Gasteiger partial charge on any atom is 0.347 e. The van der Waals surface area contributed by atoms with Crippen molar-refractivity contribution in [2.24, 2.45) is 0 Å². The molecule has 1 aromatic carbocycles. The Kier molecular flexibility index (Phi) is 8.79. The zero-order chi connectivity index (χ0) is 20.4. The fraction of sp³-hybridized carbons (Fsp3) is 0.474. The van der Waals surface area contributed by atoms with Gasteiger partial charge in [0.1, 0.15) is 5.75 Å². The summed E-state index contributed by atoms with van der Waals surface area (Å²) in [5, 5.41) is 8.75. The van der Waals surface area contributed by atoms with Gasteiger partial charge in [0.2, 0.25) is 5.91 Å². The second-order valence-electron chi connectivity index (χ2n) is 5.82. The Morgan fingerprint density at radius 1 is 1.11 bits per heavy atom. The van der Waals surface area contributed by atoms with Crippen molar-refractivity contribution in [3.63, 3.8) is 0 Å². The molecule has 0 aliphatic heterocycles. The summed E-state index contributed by atoms with van der Waals surface area (Å²) in [7, 11) is 1.48. The third kappa shape index (κ3) is 6.98. The number of rotatable bonds is 9. The normalized spacial score (nSPS) is 11.1. The molecule has 0 aliphatic carbocycles. The van der Waals surface area contributed by atoms with Gasteiger partial charge in [-0.25, -0.2) is 4.79 Å². The first-order valence-corrected chi connectivity index (χ1v) is 8.67. The van der Waals surface area contributed by atoms with E-state index in [0.29, 0.717) is 24.4 Å². The standard InChI is InChI=1S/C19H25N3O5/c1-5-22(6-2)17(23)12-21(4)18(24)13-26-19(25)14(3)27-16-9-7-15(11-20)8-10-16/h7-10,14H,5-6,12-13H2,1-4H3/t14-/m0/s1. The van der Waals surface area contributed by atoms with Crippen molar-refractivity contribution >= 4 is 17.8 Å². The summed E-state index contributed by atoms with van der Waals surface area (Å²) in [6, 6.07) is 8.26. The quantitative estimate of drug-likeness (QED) is 0.601. The van der Waals surface area contributed by atoms with Crippen LogP contribution in [0.3, 0.4) is 0 Å². The molecule has 1 aromatic rings. The van der Waals surface area contributed by atoms with Gasteiger partial charge in [0.05, 0.1) is 18.2 Å². The van der Waals surface area contributed by atoms with Gasteiger partial charge in [0.25, 0.3) is 5.91 Å². The molecule has 27 heavy (non-hydrogen) atoms. The third-order valence-corrected chi connectivity index (χ3v) is 3.88. The van der Waals surface area contributed by atoms with Crippen molar-refractivity contribution < 1.29 is 23.9 Å². The van der Waals surface area contributed by atoms with Crippen LogP contribution in [0.15, 0.2) is 24.3 Å². The molecule has 0 spiro atoms. The van der Waals surface area contributed by atoms with E-state index >= 15 is 0 Å². The molecule has 0 heterocycles. The van der Waals surface area contributed by atoms with E-state index < -0.39 is 24.6 Å². The molecule has 0 aromatic heterocycles. The summed E-state index contributed by atoms with van der Waals surface area (Å²) in [5.41, 5.74) is 0.477. The van der Waals surface area contributed by atoms with Crippen LogP contribution >= 0.6 is 0 Å². The van der Waals surface area contributed by atoms with Crippen molar-refractivity contribution in [1.82, 2.24) is 9.80 Å². The lowest BCUT2D eigenvalue weighted by Crippen LogP contribution is -2.42. The Morgan fingerprint density at radius 3 is 2.22 bits per heavy atom. The van der Waals surface area contributed by atoms with E-state index in [1.165, 1.54) is 18.9 Å². The highest BCUT2D eigenvalue weighted by atomic mass is 16.6. The largest absolute Gasteiger partial charge is 0.479 e. The van der Waals surface area contributed by atoms with Crippen LogP contribution in [0.25, 0.3) is 0 Å². The number of esters is 1. The molecule has 146 valence electrons. The number of benzene rings is 1. The number of carbonyl (C=O) groups is 3. The van der Waals surface area contributed by atoms with E-state index in [1.54, 1.807) is 29.2 Å². The molecule has 8 heteroatoms. The summed E-state index contributed by atoms with van der Waals surface area (Å²) in [6.45, 7) is 5.81. The SMILES string of the molecule is CCN(CC)C(=O)CN(C)C(=O)COC(=O)[C@H](C)Oc1ccc(C#N)cc1. The summed E-state index contributed by atoms with van der Waals surface area (Å²) in [4.78, 5) is 38.9. The van der Waals surface area contributed by atoms with Gasteiger partial charge < -0.3 is 19.3 Å². The Hall–Kier alpha value is -3.08. The minimum Gasteiger partial charge on any atom is -0.479 e. The van der Waals surface area contributed by atoms with Gasteiger partial charge >= 0.3 is 5.97 Å². The molecule has 0 bridgehead atoms. The molecule has 8 nitrogen and oxygen atoms in total. The van der Waals surface area contributed by atoms with Gasteiger partial charge in [-0.1, -0.05) is 0 Å². The molecule has 0 fully saturated rings. The average Bonchev–Trinajstić information content (AvgIpc) is 2.67. The Labute approximate surface area is 159 Å². The number of hydrogen-bond donors (Lipinski definition) is 0. The minimum absolute atomic E-state index is 0.0740. The van der Waals surface area contributed by atoms with Crippen LogP contribution in [0, 0.1) is 11.3 Å². The van der Waals surface area contributed by atoms with Crippen LogP contribution < -0.4 is 4.74 Å². The Morgan fingerprint density at radius 2 is 1.70 bits per heavy atom. The molecule has 0 N–H and O–H groups in total. The molecule has 0 aliphatic rings. The fourth-order valence-corrected chi connectivity index (χ4v) is 2.19. The van der Waals surface area contributed by atoms with Crippen LogP contribution in [0.2, 0.25) is 0 Å². The van der Waals surface area contributed by atoms with Gasteiger partial charge in [-0.05, 0) is 45.0 Å². The topological polar surface area (TPSA) is 99.9 Å². The van der Waals surface area contributed by atoms with E-state index in [4.69, 9.17) is 14.7 Å². The lowest BCUT2D eigenvalue weighted by atomic mass is 10.2. The number of nitriles is 1. The van der Waals surface area contributed by atoms with E-state index in [2.05, 4.69) is 0 Å². The van der Waals surface area contributed by atoms with Crippen molar-refractivity contribution in [2.45, 2.75) is 26.9 Å². The summed E-state index contributed by atoms with van der Waals surface area (Å²) in [5.74, 6) is -0.933. The van der Waals surface area contributed by atoms with Gasteiger partial charge in [-0.3, -0.25) is 9.59 Å². The first-order chi connectivity index (χ1) is 12.8. The lowest BCUT2D eigenvalue weighted by molar-refractivity contribution is -0.157. The maximum atomic E-state index is 12.0. The van der Waals surface area contributed by atoms with Crippen LogP contribution in [0.5, 0.6) is 5.75 Å². The van der Waals surface area contributed by atoms with Crippen LogP contribution in [0.1, 0.15) is 26.3 Å². The smallest absolute Gasteiger partial charge is 0.347 e. The van der Waals surface area contributed by atoms with Crippen LogP contribution in [-0.2, 0) is 19.1 Å². The molecule has 1 rings (SSSR count). The number of likely N-dealkylation sites (N-methyl/N-ethyl adjacent to an activating group) is 2. The highest BCUT2D eigenvalue weighted by molar-refractivity contribution is 5.86. The monoisotopic (exact) mass is 375 g/mol. The third-order valence-electron chi connectivity index (χ3n) is 3.88. The predicted octanol–water partition coefficient (Wildman–Crippen LogP) is 1.20. The number of hydrogen-bond acceptors (Lipinski definition) is 6. The molecule has 0 saturated heterocycles. The van der Waals surface area contributed by atoms with E-state index in [-0.39, 0.29) is 12.5 Å². The van der Waals surface area contributed by atoms with Gasteiger partial charge in [-0.15, -0.1) is 0 Å². The summed E-state index contributed by atoms with van der Waals surface area (Å²) in [6.07, 6.45) is -0.923. The summed E-state index contributed by atoms with van der Waals surface area (Å²) >= 11 is 0. The molecular weight excluding hydrogens is 350 g/mol. The summed E-state index contributed by atoms with van der Waals surface area (Å²) < 4.78 is 10.4. The highest BCUT2D eigenvalue weighted by Crippen LogP contribution is 2.14.